The monoisotopic (exact) mass is 171 g/mol. The van der Waals surface area contributed by atoms with Gasteiger partial charge in [0.15, 0.2) is 5.12 Å². The van der Waals surface area contributed by atoms with E-state index in [-0.39, 0.29) is 5.12 Å². The fourth-order valence-corrected chi connectivity index (χ4v) is 1.42. The molecule has 0 saturated heterocycles. The first-order valence-electron chi connectivity index (χ1n) is 3.78. The lowest BCUT2D eigenvalue weighted by Crippen LogP contribution is -2.22. The van der Waals surface area contributed by atoms with E-state index in [0.717, 1.165) is 19.5 Å². The topological polar surface area (TPSA) is 29.1 Å². The van der Waals surface area contributed by atoms with Crippen LogP contribution in [0, 0.1) is 0 Å². The zero-order chi connectivity index (χ0) is 8.10. The maximum Gasteiger partial charge on any atom is 0.192 e. The number of hydrogen-bond acceptors (Lipinski definition) is 3. The van der Waals surface area contributed by atoms with E-state index in [1.807, 2.05) is 6.26 Å². The molecule has 1 N–H and O–H groups in total. The average Bonchev–Trinajstić information content (AvgIpc) is 2.06. The van der Waals surface area contributed by atoms with Crippen molar-refractivity contribution in [2.45, 2.75) is 12.8 Å². The van der Waals surface area contributed by atoms with E-state index in [9.17, 15) is 4.79 Å². The molecule has 1 aliphatic rings. The molecule has 0 amide bonds. The zero-order valence-corrected chi connectivity index (χ0v) is 7.54. The predicted octanol–water partition coefficient (Wildman–Crippen LogP) is 1.19. The summed E-state index contributed by atoms with van der Waals surface area (Å²) in [5.74, 6) is 0. The third-order valence-corrected chi connectivity index (χ3v) is 2.30. The van der Waals surface area contributed by atoms with Gasteiger partial charge < -0.3 is 5.32 Å². The molecule has 0 spiro atoms. The summed E-state index contributed by atoms with van der Waals surface area (Å²) in [4.78, 5) is 11.0. The summed E-state index contributed by atoms with van der Waals surface area (Å²) in [5.41, 5.74) is 1.25. The van der Waals surface area contributed by atoms with Crippen molar-refractivity contribution in [2.75, 3.05) is 19.3 Å². The molecule has 0 radical (unpaired) electrons. The van der Waals surface area contributed by atoms with Crippen molar-refractivity contribution in [1.29, 1.82) is 0 Å². The highest BCUT2D eigenvalue weighted by Crippen LogP contribution is 2.10. The Kier molecular flexibility index (Phi) is 3.66. The molecule has 62 valence electrons. The standard InChI is InChI=1S/C8H13NOS/c1-11-8(10)5-7-3-2-4-9-6-7/h3,9H,2,4-6H2,1H3. The van der Waals surface area contributed by atoms with Gasteiger partial charge in [0.05, 0.1) is 0 Å². The Morgan fingerprint density at radius 3 is 3.18 bits per heavy atom. The molecule has 0 aromatic heterocycles. The molecule has 1 heterocycles. The molecule has 0 atom stereocenters. The van der Waals surface area contributed by atoms with E-state index in [0.29, 0.717) is 6.42 Å². The summed E-state index contributed by atoms with van der Waals surface area (Å²) in [6, 6.07) is 0. The third-order valence-electron chi connectivity index (χ3n) is 1.71. The Morgan fingerprint density at radius 2 is 2.64 bits per heavy atom. The van der Waals surface area contributed by atoms with Crippen LogP contribution < -0.4 is 5.32 Å². The van der Waals surface area contributed by atoms with E-state index in [1.165, 1.54) is 17.3 Å². The first kappa shape index (κ1) is 8.81. The van der Waals surface area contributed by atoms with Crippen LogP contribution >= 0.6 is 11.8 Å². The summed E-state index contributed by atoms with van der Waals surface area (Å²) < 4.78 is 0. The fraction of sp³-hybridized carbons (Fsp3) is 0.625. The van der Waals surface area contributed by atoms with E-state index >= 15 is 0 Å². The Hall–Kier alpha value is -0.280. The van der Waals surface area contributed by atoms with Gasteiger partial charge >= 0.3 is 0 Å². The van der Waals surface area contributed by atoms with E-state index < -0.39 is 0 Å². The van der Waals surface area contributed by atoms with Crippen molar-refractivity contribution in [3.8, 4) is 0 Å². The molecule has 0 unspecified atom stereocenters. The number of carbonyl (C=O) groups excluding carboxylic acids is 1. The fourth-order valence-electron chi connectivity index (χ4n) is 1.09. The van der Waals surface area contributed by atoms with Crippen LogP contribution in [0.15, 0.2) is 11.6 Å². The van der Waals surface area contributed by atoms with E-state index in [1.54, 1.807) is 0 Å². The molecule has 2 nitrogen and oxygen atoms in total. The highest BCUT2D eigenvalue weighted by atomic mass is 32.2. The summed E-state index contributed by atoms with van der Waals surface area (Å²) in [6.45, 7) is 1.95. The predicted molar refractivity (Wildman–Crippen MR) is 48.7 cm³/mol. The Balaban J connectivity index is 2.35. The van der Waals surface area contributed by atoms with Gasteiger partial charge in [-0.1, -0.05) is 23.4 Å². The molecule has 3 heteroatoms. The third kappa shape index (κ3) is 3.08. The van der Waals surface area contributed by atoms with Crippen molar-refractivity contribution in [2.24, 2.45) is 0 Å². The van der Waals surface area contributed by atoms with Gasteiger partial charge in [-0.3, -0.25) is 4.79 Å². The minimum Gasteiger partial charge on any atom is -0.313 e. The van der Waals surface area contributed by atoms with Gasteiger partial charge in [-0.05, 0) is 19.2 Å². The van der Waals surface area contributed by atoms with Crippen LogP contribution in [-0.2, 0) is 4.79 Å². The second-order valence-corrected chi connectivity index (χ2v) is 3.44. The van der Waals surface area contributed by atoms with Gasteiger partial charge in [0, 0.05) is 13.0 Å². The summed E-state index contributed by atoms with van der Waals surface area (Å²) in [5, 5.41) is 3.50. The molecule has 1 rings (SSSR count). The van der Waals surface area contributed by atoms with Crippen LogP contribution in [0.4, 0.5) is 0 Å². The van der Waals surface area contributed by atoms with Crippen LogP contribution in [0.5, 0.6) is 0 Å². The molecule has 0 bridgehead atoms. The quantitative estimate of drug-likeness (QED) is 0.633. The molecule has 0 aromatic rings. The van der Waals surface area contributed by atoms with Crippen molar-refractivity contribution in [3.05, 3.63) is 11.6 Å². The van der Waals surface area contributed by atoms with Crippen molar-refractivity contribution >= 4 is 16.9 Å². The lowest BCUT2D eigenvalue weighted by atomic mass is 10.1. The smallest absolute Gasteiger partial charge is 0.192 e. The van der Waals surface area contributed by atoms with Crippen molar-refractivity contribution in [3.63, 3.8) is 0 Å². The molecule has 0 fully saturated rings. The van der Waals surface area contributed by atoms with Gasteiger partial charge in [-0.25, -0.2) is 0 Å². The zero-order valence-electron chi connectivity index (χ0n) is 6.72. The first-order valence-corrected chi connectivity index (χ1v) is 5.01. The highest BCUT2D eigenvalue weighted by molar-refractivity contribution is 8.13. The van der Waals surface area contributed by atoms with Crippen LogP contribution in [0.2, 0.25) is 0 Å². The van der Waals surface area contributed by atoms with Crippen LogP contribution in [-0.4, -0.2) is 24.5 Å². The average molecular weight is 171 g/mol. The Morgan fingerprint density at radius 1 is 1.82 bits per heavy atom. The maximum absolute atomic E-state index is 11.0. The number of carbonyl (C=O) groups is 1. The number of nitrogens with one attached hydrogen (secondary N) is 1. The largest absolute Gasteiger partial charge is 0.313 e. The Labute approximate surface area is 71.4 Å². The number of rotatable bonds is 2. The second kappa shape index (κ2) is 4.57. The lowest BCUT2D eigenvalue weighted by molar-refractivity contribution is -0.110. The lowest BCUT2D eigenvalue weighted by Gasteiger charge is -2.12. The van der Waals surface area contributed by atoms with Gasteiger partial charge in [0.1, 0.15) is 0 Å². The molecular weight excluding hydrogens is 158 g/mol. The first-order chi connectivity index (χ1) is 5.33. The van der Waals surface area contributed by atoms with Crippen molar-refractivity contribution < 1.29 is 4.79 Å². The molecule has 1 aliphatic heterocycles. The van der Waals surface area contributed by atoms with E-state index in [4.69, 9.17) is 0 Å². The molecule has 0 saturated carbocycles. The molecule has 11 heavy (non-hydrogen) atoms. The summed E-state index contributed by atoms with van der Waals surface area (Å²) >= 11 is 1.31. The molecule has 0 aromatic carbocycles. The van der Waals surface area contributed by atoms with Crippen molar-refractivity contribution in [1.82, 2.24) is 5.32 Å². The minimum absolute atomic E-state index is 0.264. The summed E-state index contributed by atoms with van der Waals surface area (Å²) in [7, 11) is 0. The number of thioether (sulfide) groups is 1. The number of hydrogen-bond donors (Lipinski definition) is 1. The van der Waals surface area contributed by atoms with Crippen LogP contribution in [0.3, 0.4) is 0 Å². The highest BCUT2D eigenvalue weighted by Gasteiger charge is 2.06. The van der Waals surface area contributed by atoms with E-state index in [2.05, 4.69) is 11.4 Å². The summed E-state index contributed by atoms with van der Waals surface area (Å²) in [6.07, 6.45) is 5.69. The second-order valence-electron chi connectivity index (χ2n) is 2.58. The van der Waals surface area contributed by atoms with Crippen LogP contribution in [0.1, 0.15) is 12.8 Å². The van der Waals surface area contributed by atoms with Gasteiger partial charge in [0.2, 0.25) is 0 Å². The molecule has 0 aliphatic carbocycles. The SMILES string of the molecule is CSC(=O)CC1=CCCNC1. The molecular formula is C8H13NOS. The van der Waals surface area contributed by atoms with Gasteiger partial charge in [-0.2, -0.15) is 0 Å². The normalized spacial score (nSPS) is 17.7. The minimum atomic E-state index is 0.264. The van der Waals surface area contributed by atoms with Gasteiger partial charge in [0.25, 0.3) is 0 Å². The maximum atomic E-state index is 11.0. The van der Waals surface area contributed by atoms with Gasteiger partial charge in [-0.15, -0.1) is 0 Å². The Bertz CT molecular complexity index is 177. The van der Waals surface area contributed by atoms with Crippen LogP contribution in [0.25, 0.3) is 0 Å².